The maximum atomic E-state index is 11.5. The summed E-state index contributed by atoms with van der Waals surface area (Å²) < 4.78 is 0. The van der Waals surface area contributed by atoms with Crippen LogP contribution in [0, 0.1) is 11.8 Å². The van der Waals surface area contributed by atoms with E-state index in [9.17, 15) is 19.2 Å². The van der Waals surface area contributed by atoms with E-state index in [1.165, 1.54) is 7.05 Å². The molecule has 0 saturated heterocycles. The third kappa shape index (κ3) is 8.69. The first-order valence-electron chi connectivity index (χ1n) is 13.7. The monoisotopic (exact) mass is 518 g/mol. The van der Waals surface area contributed by atoms with E-state index in [4.69, 9.17) is 5.11 Å². The predicted octanol–water partition coefficient (Wildman–Crippen LogP) is 2.95. The Labute approximate surface area is 221 Å². The lowest BCUT2D eigenvalue weighted by Crippen LogP contribution is -2.37. The van der Waals surface area contributed by atoms with E-state index in [0.717, 1.165) is 86.7 Å². The van der Waals surface area contributed by atoms with E-state index in [2.05, 4.69) is 21.7 Å². The molecule has 0 aliphatic heterocycles. The SMILES string of the molecule is CC1=C(NC2CCC(C(=O)O)CC2)CCC1=O.CN.CNC(=O)C1CCC(NC2=C(C)C(=O)CC2)CC1. The van der Waals surface area contributed by atoms with Crippen LogP contribution in [-0.2, 0) is 19.2 Å². The third-order valence-corrected chi connectivity index (χ3v) is 8.12. The quantitative estimate of drug-likeness (QED) is 0.360. The van der Waals surface area contributed by atoms with Gasteiger partial charge in [0.2, 0.25) is 5.91 Å². The number of nitrogens with one attached hydrogen (secondary N) is 3. The average molecular weight is 519 g/mol. The van der Waals surface area contributed by atoms with Crippen molar-refractivity contribution in [3.8, 4) is 0 Å². The summed E-state index contributed by atoms with van der Waals surface area (Å²) in [6, 6.07) is 0.781. The van der Waals surface area contributed by atoms with Gasteiger partial charge in [-0.3, -0.25) is 19.2 Å². The molecule has 0 aromatic heterocycles. The summed E-state index contributed by atoms with van der Waals surface area (Å²) >= 11 is 0. The number of ketones is 2. The standard InChI is InChI=1S/C14H22N2O2.C13H19NO3.CH5N/c1-9-12(7-8-13(9)17)16-11-5-3-10(4-6-11)14(18)15-2;1-8-11(6-7-12(8)15)14-10-4-2-9(3-5-10)13(16)17;1-2/h10-11,16H,3-8H2,1-2H3,(H,15,18);9-10,14H,2-7H2,1H3,(H,16,17);2H2,1H3. The highest BCUT2D eigenvalue weighted by Gasteiger charge is 2.29. The number of carboxylic acids is 1. The Morgan fingerprint density at radius 2 is 1.08 bits per heavy atom. The fourth-order valence-electron chi connectivity index (χ4n) is 5.61. The van der Waals surface area contributed by atoms with Crippen LogP contribution >= 0.6 is 0 Å². The summed E-state index contributed by atoms with van der Waals surface area (Å²) in [5.41, 5.74) is 8.48. The molecule has 9 nitrogen and oxygen atoms in total. The molecule has 6 N–H and O–H groups in total. The highest BCUT2D eigenvalue weighted by atomic mass is 16.4. The largest absolute Gasteiger partial charge is 0.481 e. The van der Waals surface area contributed by atoms with Gasteiger partial charge in [-0.05, 0) is 85.1 Å². The number of aliphatic carboxylic acids is 1. The lowest BCUT2D eigenvalue weighted by Gasteiger charge is -2.29. The van der Waals surface area contributed by atoms with Crippen LogP contribution in [0.2, 0.25) is 0 Å². The van der Waals surface area contributed by atoms with E-state index < -0.39 is 5.97 Å². The molecule has 9 heteroatoms. The molecule has 4 rings (SSSR count). The van der Waals surface area contributed by atoms with Gasteiger partial charge in [0.05, 0.1) is 5.92 Å². The summed E-state index contributed by atoms with van der Waals surface area (Å²) in [5.74, 6) is 0.0136. The first-order chi connectivity index (χ1) is 17.7. The number of amides is 1. The van der Waals surface area contributed by atoms with Crippen LogP contribution in [0.5, 0.6) is 0 Å². The van der Waals surface area contributed by atoms with Crippen molar-refractivity contribution in [2.45, 2.75) is 103 Å². The lowest BCUT2D eigenvalue weighted by molar-refractivity contribution is -0.143. The van der Waals surface area contributed by atoms with Crippen LogP contribution in [0.4, 0.5) is 0 Å². The number of nitrogens with two attached hydrogens (primary N) is 1. The summed E-state index contributed by atoms with van der Waals surface area (Å²) in [5, 5.41) is 18.6. The highest BCUT2D eigenvalue weighted by Crippen LogP contribution is 2.29. The topological polar surface area (TPSA) is 151 Å². The molecule has 2 fully saturated rings. The van der Waals surface area contributed by atoms with Crippen molar-refractivity contribution >= 4 is 23.4 Å². The Kier molecular flexibility index (Phi) is 12.3. The van der Waals surface area contributed by atoms with Crippen molar-refractivity contribution in [3.05, 3.63) is 22.5 Å². The molecule has 0 spiro atoms. The molecule has 0 atom stereocenters. The molecular weight excluding hydrogens is 472 g/mol. The number of carboxylic acid groups (broad SMARTS) is 1. The van der Waals surface area contributed by atoms with Gasteiger partial charge in [0.25, 0.3) is 0 Å². The molecule has 1 amide bonds. The van der Waals surface area contributed by atoms with Crippen LogP contribution in [0.3, 0.4) is 0 Å². The van der Waals surface area contributed by atoms with Crippen LogP contribution in [-0.4, -0.2) is 54.7 Å². The number of rotatable bonds is 6. The van der Waals surface area contributed by atoms with Gasteiger partial charge in [0.1, 0.15) is 0 Å². The van der Waals surface area contributed by atoms with Crippen molar-refractivity contribution in [3.63, 3.8) is 0 Å². The molecule has 0 radical (unpaired) electrons. The molecule has 0 aromatic carbocycles. The van der Waals surface area contributed by atoms with Crippen molar-refractivity contribution in [2.75, 3.05) is 14.1 Å². The fourth-order valence-corrected chi connectivity index (χ4v) is 5.61. The molecule has 0 bridgehead atoms. The van der Waals surface area contributed by atoms with Crippen LogP contribution < -0.4 is 21.7 Å². The van der Waals surface area contributed by atoms with Gasteiger partial charge in [0.15, 0.2) is 11.6 Å². The van der Waals surface area contributed by atoms with Gasteiger partial charge < -0.3 is 26.8 Å². The smallest absolute Gasteiger partial charge is 0.306 e. The van der Waals surface area contributed by atoms with E-state index in [-0.39, 0.29) is 29.3 Å². The minimum absolute atomic E-state index is 0.167. The number of carbonyl (C=O) groups is 4. The lowest BCUT2D eigenvalue weighted by atomic mass is 9.85. The maximum absolute atomic E-state index is 11.5. The van der Waals surface area contributed by atoms with E-state index in [0.29, 0.717) is 24.9 Å². The second-order valence-electron chi connectivity index (χ2n) is 10.4. The third-order valence-electron chi connectivity index (χ3n) is 8.12. The molecule has 0 unspecified atom stereocenters. The molecule has 208 valence electrons. The van der Waals surface area contributed by atoms with Gasteiger partial charge in [-0.15, -0.1) is 0 Å². The number of Topliss-reactive ketones (excluding diaryl/α,β-unsaturated/α-hetero) is 2. The average Bonchev–Trinajstić information content (AvgIpc) is 3.41. The second kappa shape index (κ2) is 14.9. The summed E-state index contributed by atoms with van der Waals surface area (Å²) in [7, 11) is 3.20. The van der Waals surface area contributed by atoms with E-state index in [1.807, 2.05) is 13.8 Å². The predicted molar refractivity (Wildman–Crippen MR) is 143 cm³/mol. The Morgan fingerprint density at radius 3 is 1.38 bits per heavy atom. The van der Waals surface area contributed by atoms with E-state index >= 15 is 0 Å². The van der Waals surface area contributed by atoms with Crippen LogP contribution in [0.25, 0.3) is 0 Å². The van der Waals surface area contributed by atoms with Crippen molar-refractivity contribution < 1.29 is 24.3 Å². The zero-order valence-electron chi connectivity index (χ0n) is 23.0. The summed E-state index contributed by atoms with van der Waals surface area (Å²) in [6.45, 7) is 3.79. The Bertz CT molecular complexity index is 894. The molecule has 37 heavy (non-hydrogen) atoms. The zero-order chi connectivity index (χ0) is 27.5. The van der Waals surface area contributed by atoms with Gasteiger partial charge in [0, 0.05) is 60.4 Å². The number of carbonyl (C=O) groups excluding carboxylic acids is 3. The van der Waals surface area contributed by atoms with Gasteiger partial charge >= 0.3 is 5.97 Å². The molecule has 2 saturated carbocycles. The second-order valence-corrected chi connectivity index (χ2v) is 10.4. The van der Waals surface area contributed by atoms with Crippen LogP contribution in [0.1, 0.15) is 90.9 Å². The summed E-state index contributed by atoms with van der Waals surface area (Å²) in [4.78, 5) is 45.2. The first-order valence-corrected chi connectivity index (χ1v) is 13.7. The van der Waals surface area contributed by atoms with E-state index in [1.54, 1.807) is 7.05 Å². The zero-order valence-corrected chi connectivity index (χ0v) is 23.0. The molecule has 4 aliphatic rings. The summed E-state index contributed by atoms with van der Waals surface area (Å²) in [6.07, 6.45) is 10.1. The molecule has 0 aromatic rings. The number of allylic oxidation sites excluding steroid dienone is 4. The maximum Gasteiger partial charge on any atom is 0.306 e. The van der Waals surface area contributed by atoms with Gasteiger partial charge in [-0.2, -0.15) is 0 Å². The van der Waals surface area contributed by atoms with Crippen molar-refractivity contribution in [1.82, 2.24) is 16.0 Å². The highest BCUT2D eigenvalue weighted by molar-refractivity contribution is 5.98. The number of hydrogen-bond acceptors (Lipinski definition) is 7. The normalized spacial score (nSPS) is 27.6. The first kappa shape index (κ1) is 30.5. The minimum atomic E-state index is -0.671. The van der Waals surface area contributed by atoms with Crippen molar-refractivity contribution in [1.29, 1.82) is 0 Å². The molecule has 4 aliphatic carbocycles. The Balaban J connectivity index is 0.000000244. The molecular formula is C28H46N4O5. The van der Waals surface area contributed by atoms with Gasteiger partial charge in [-0.1, -0.05) is 0 Å². The number of hydrogen-bond donors (Lipinski definition) is 5. The van der Waals surface area contributed by atoms with Crippen molar-refractivity contribution in [2.24, 2.45) is 17.6 Å². The molecule has 0 heterocycles. The minimum Gasteiger partial charge on any atom is -0.481 e. The fraction of sp³-hybridized carbons (Fsp3) is 0.714. The van der Waals surface area contributed by atoms with Gasteiger partial charge in [-0.25, -0.2) is 0 Å². The Hall–Kier alpha value is -2.68. The Morgan fingerprint density at radius 1 is 0.703 bits per heavy atom. The van der Waals surface area contributed by atoms with Crippen LogP contribution in [0.15, 0.2) is 22.5 Å².